The Morgan fingerprint density at radius 3 is 2.76 bits per heavy atom. The molecule has 7 nitrogen and oxygen atoms in total. The third-order valence-corrected chi connectivity index (χ3v) is 6.26. The largest absolute Gasteiger partial charge is 0.323 e. The van der Waals surface area contributed by atoms with Crippen LogP contribution in [0.2, 0.25) is 0 Å². The first-order chi connectivity index (χ1) is 16.1. The summed E-state index contributed by atoms with van der Waals surface area (Å²) in [5.74, 6) is -0.297. The average Bonchev–Trinajstić information content (AvgIpc) is 3.19. The molecule has 0 bridgehead atoms. The highest BCUT2D eigenvalue weighted by atomic mass is 32.2. The van der Waals surface area contributed by atoms with Gasteiger partial charge in [0.2, 0.25) is 11.8 Å². The fourth-order valence-electron chi connectivity index (χ4n) is 3.77. The third-order valence-electron chi connectivity index (χ3n) is 5.31. The molecule has 0 atom stereocenters. The standard InChI is InChI=1S/C24H24FN5O2S/c1-2-13-30-21(15-22(31)26-19-11-5-4-10-18(19)25)27-28-24(30)33-16-23(32)29-14-7-9-17-8-3-6-12-20(17)29/h2-6,8,10-12H,1,7,9,13-16H2,(H,26,31). The Kier molecular flexibility index (Phi) is 7.19. The van der Waals surface area contributed by atoms with Crippen molar-refractivity contribution >= 4 is 35.0 Å². The maximum atomic E-state index is 13.8. The number of amides is 2. The van der Waals surface area contributed by atoms with Crippen LogP contribution < -0.4 is 10.2 Å². The van der Waals surface area contributed by atoms with E-state index < -0.39 is 11.7 Å². The van der Waals surface area contributed by atoms with Crippen LogP contribution in [0.15, 0.2) is 66.3 Å². The predicted octanol–water partition coefficient (Wildman–Crippen LogP) is 3.86. The number of halogens is 1. The smallest absolute Gasteiger partial charge is 0.237 e. The minimum absolute atomic E-state index is 0.000788. The Bertz CT molecular complexity index is 1180. The summed E-state index contributed by atoms with van der Waals surface area (Å²) >= 11 is 1.28. The van der Waals surface area contributed by atoms with Gasteiger partial charge in [0.25, 0.3) is 0 Å². The second-order valence-corrected chi connectivity index (χ2v) is 8.51. The van der Waals surface area contributed by atoms with Gasteiger partial charge in [0.15, 0.2) is 5.16 Å². The summed E-state index contributed by atoms with van der Waals surface area (Å²) in [5, 5.41) is 11.4. The van der Waals surface area contributed by atoms with Gasteiger partial charge >= 0.3 is 0 Å². The van der Waals surface area contributed by atoms with E-state index in [-0.39, 0.29) is 23.8 Å². The van der Waals surface area contributed by atoms with Crippen molar-refractivity contribution in [2.75, 3.05) is 22.5 Å². The minimum Gasteiger partial charge on any atom is -0.323 e. The van der Waals surface area contributed by atoms with Gasteiger partial charge in [-0.05, 0) is 36.6 Å². The molecule has 0 saturated heterocycles. The van der Waals surface area contributed by atoms with E-state index in [0.29, 0.717) is 24.1 Å². The fraction of sp³-hybridized carbons (Fsp3) is 0.250. The Morgan fingerprint density at radius 1 is 1.15 bits per heavy atom. The highest BCUT2D eigenvalue weighted by molar-refractivity contribution is 7.99. The molecular weight excluding hydrogens is 441 g/mol. The molecule has 9 heteroatoms. The normalized spacial score (nSPS) is 12.8. The lowest BCUT2D eigenvalue weighted by molar-refractivity contribution is -0.116. The minimum atomic E-state index is -0.507. The lowest BCUT2D eigenvalue weighted by Crippen LogP contribution is -2.36. The number of carbonyl (C=O) groups excluding carboxylic acids is 2. The highest BCUT2D eigenvalue weighted by Gasteiger charge is 2.23. The Labute approximate surface area is 195 Å². The monoisotopic (exact) mass is 465 g/mol. The SMILES string of the molecule is C=CCn1c(CC(=O)Nc2ccccc2F)nnc1SCC(=O)N1CCCc2ccccc21. The van der Waals surface area contributed by atoms with Crippen LogP contribution in [0.4, 0.5) is 15.8 Å². The van der Waals surface area contributed by atoms with Crippen LogP contribution in [0.3, 0.4) is 0 Å². The van der Waals surface area contributed by atoms with Crippen molar-refractivity contribution in [1.29, 1.82) is 0 Å². The van der Waals surface area contributed by atoms with E-state index in [4.69, 9.17) is 0 Å². The van der Waals surface area contributed by atoms with Crippen molar-refractivity contribution < 1.29 is 14.0 Å². The number of rotatable bonds is 8. The van der Waals surface area contributed by atoms with E-state index in [1.807, 2.05) is 23.1 Å². The second-order valence-electron chi connectivity index (χ2n) is 7.57. The van der Waals surface area contributed by atoms with Gasteiger partial charge in [0.05, 0.1) is 17.9 Å². The Hall–Kier alpha value is -3.46. The maximum absolute atomic E-state index is 13.8. The number of hydrogen-bond acceptors (Lipinski definition) is 5. The van der Waals surface area contributed by atoms with Gasteiger partial charge in [-0.2, -0.15) is 0 Å². The molecule has 0 saturated carbocycles. The predicted molar refractivity (Wildman–Crippen MR) is 127 cm³/mol. The van der Waals surface area contributed by atoms with Gasteiger partial charge in [-0.1, -0.05) is 48.2 Å². The average molecular weight is 466 g/mol. The number of aromatic nitrogens is 3. The number of para-hydroxylation sites is 2. The van der Waals surface area contributed by atoms with E-state index in [1.165, 1.54) is 29.5 Å². The van der Waals surface area contributed by atoms with Gasteiger partial charge in [-0.3, -0.25) is 9.59 Å². The molecule has 1 aliphatic heterocycles. The highest BCUT2D eigenvalue weighted by Crippen LogP contribution is 2.28. The molecule has 33 heavy (non-hydrogen) atoms. The summed E-state index contributed by atoms with van der Waals surface area (Å²) in [5.41, 5.74) is 2.26. The van der Waals surface area contributed by atoms with Crippen molar-refractivity contribution in [3.05, 3.63) is 78.4 Å². The Morgan fingerprint density at radius 2 is 1.94 bits per heavy atom. The lowest BCUT2D eigenvalue weighted by atomic mass is 10.0. The summed E-state index contributed by atoms with van der Waals surface area (Å²) < 4.78 is 15.6. The molecule has 1 aromatic heterocycles. The van der Waals surface area contributed by atoms with Crippen LogP contribution in [0.5, 0.6) is 0 Å². The van der Waals surface area contributed by atoms with E-state index in [9.17, 15) is 14.0 Å². The molecule has 2 amide bonds. The van der Waals surface area contributed by atoms with Gasteiger partial charge in [-0.25, -0.2) is 4.39 Å². The molecule has 0 spiro atoms. The summed E-state index contributed by atoms with van der Waals surface area (Å²) in [6, 6.07) is 13.9. The molecule has 0 radical (unpaired) electrons. The summed E-state index contributed by atoms with van der Waals surface area (Å²) in [7, 11) is 0. The number of thioether (sulfide) groups is 1. The molecule has 3 aromatic rings. The van der Waals surface area contributed by atoms with E-state index in [2.05, 4.69) is 28.2 Å². The third kappa shape index (κ3) is 5.31. The van der Waals surface area contributed by atoms with Crippen LogP contribution in [0, 0.1) is 5.82 Å². The number of carbonyl (C=O) groups is 2. The molecule has 0 aliphatic carbocycles. The van der Waals surface area contributed by atoms with Crippen molar-refractivity contribution in [1.82, 2.24) is 14.8 Å². The number of hydrogen-bond donors (Lipinski definition) is 1. The van der Waals surface area contributed by atoms with Gasteiger partial charge in [-0.15, -0.1) is 16.8 Å². The zero-order valence-electron chi connectivity index (χ0n) is 18.0. The first-order valence-electron chi connectivity index (χ1n) is 10.6. The van der Waals surface area contributed by atoms with Crippen LogP contribution in [-0.4, -0.2) is 38.9 Å². The molecular formula is C24H24FN5O2S. The van der Waals surface area contributed by atoms with Crippen molar-refractivity contribution in [2.45, 2.75) is 31.0 Å². The first-order valence-corrected chi connectivity index (χ1v) is 11.6. The number of allylic oxidation sites excluding steroid dienone is 1. The van der Waals surface area contributed by atoms with Gasteiger partial charge < -0.3 is 14.8 Å². The second kappa shape index (κ2) is 10.4. The fourth-order valence-corrected chi connectivity index (χ4v) is 4.61. The number of aryl methyl sites for hydroxylation is 1. The van der Waals surface area contributed by atoms with Crippen LogP contribution in [0.1, 0.15) is 17.8 Å². The van der Waals surface area contributed by atoms with Gasteiger partial charge in [0.1, 0.15) is 11.6 Å². The van der Waals surface area contributed by atoms with Crippen molar-refractivity contribution in [2.24, 2.45) is 0 Å². The topological polar surface area (TPSA) is 80.1 Å². The molecule has 1 N–H and O–H groups in total. The maximum Gasteiger partial charge on any atom is 0.237 e. The number of nitrogens with zero attached hydrogens (tertiary/aromatic N) is 4. The quantitative estimate of drug-likeness (QED) is 0.404. The molecule has 2 heterocycles. The van der Waals surface area contributed by atoms with Crippen molar-refractivity contribution in [3.63, 3.8) is 0 Å². The summed E-state index contributed by atoms with van der Waals surface area (Å²) in [6.07, 6.45) is 3.50. The first kappa shape index (κ1) is 22.7. The molecule has 1 aliphatic rings. The number of fused-ring (bicyclic) bond motifs is 1. The van der Waals surface area contributed by atoms with Crippen LogP contribution >= 0.6 is 11.8 Å². The van der Waals surface area contributed by atoms with E-state index in [0.717, 1.165) is 18.5 Å². The number of nitrogens with one attached hydrogen (secondary N) is 1. The molecule has 0 fully saturated rings. The van der Waals surface area contributed by atoms with Crippen LogP contribution in [-0.2, 0) is 29.0 Å². The number of anilines is 2. The zero-order valence-corrected chi connectivity index (χ0v) is 18.9. The molecule has 0 unspecified atom stereocenters. The molecule has 170 valence electrons. The lowest BCUT2D eigenvalue weighted by Gasteiger charge is -2.29. The van der Waals surface area contributed by atoms with E-state index in [1.54, 1.807) is 22.8 Å². The van der Waals surface area contributed by atoms with Crippen molar-refractivity contribution in [3.8, 4) is 0 Å². The Balaban J connectivity index is 1.43. The zero-order chi connectivity index (χ0) is 23.2. The molecule has 2 aromatic carbocycles. The number of benzene rings is 2. The van der Waals surface area contributed by atoms with Gasteiger partial charge in [0, 0.05) is 18.8 Å². The van der Waals surface area contributed by atoms with E-state index >= 15 is 0 Å². The van der Waals surface area contributed by atoms with Crippen LogP contribution in [0.25, 0.3) is 0 Å². The summed E-state index contributed by atoms with van der Waals surface area (Å²) in [6.45, 7) is 4.84. The molecule has 4 rings (SSSR count). The summed E-state index contributed by atoms with van der Waals surface area (Å²) in [4.78, 5) is 27.2.